The molecule has 1 heterocycles. The van der Waals surface area contributed by atoms with Crippen molar-refractivity contribution in [1.82, 2.24) is 10.6 Å². The van der Waals surface area contributed by atoms with Gasteiger partial charge >= 0.3 is 0 Å². The van der Waals surface area contributed by atoms with E-state index in [-0.39, 0.29) is 11.9 Å². The van der Waals surface area contributed by atoms with Gasteiger partial charge in [-0.2, -0.15) is 0 Å². The fourth-order valence-corrected chi connectivity index (χ4v) is 1.02. The smallest absolute Gasteiger partial charge is 0.222 e. The van der Waals surface area contributed by atoms with E-state index in [0.29, 0.717) is 19.4 Å². The first kappa shape index (κ1) is 7.05. The van der Waals surface area contributed by atoms with Gasteiger partial charge in [0, 0.05) is 19.0 Å². The number of nitrogens with one attached hydrogen (secondary N) is 2. The van der Waals surface area contributed by atoms with E-state index in [1.807, 2.05) is 0 Å². The van der Waals surface area contributed by atoms with Crippen LogP contribution >= 0.6 is 0 Å². The lowest BCUT2D eigenvalue weighted by Gasteiger charge is -2.20. The van der Waals surface area contributed by atoms with Crippen LogP contribution in [0, 0.1) is 0 Å². The van der Waals surface area contributed by atoms with Gasteiger partial charge in [-0.05, 0) is 6.42 Å². The molecule has 0 radical (unpaired) electrons. The molecule has 0 bridgehead atoms. The maximum absolute atomic E-state index is 10.7. The second-order valence-corrected chi connectivity index (χ2v) is 2.32. The highest BCUT2D eigenvalue weighted by Gasteiger charge is 2.17. The summed E-state index contributed by atoms with van der Waals surface area (Å²) in [4.78, 5) is 20.6. The largest absolute Gasteiger partial charge is 0.356 e. The first-order valence-corrected chi connectivity index (χ1v) is 3.29. The number of rotatable bonds is 2. The number of hydrogen-bond donors (Lipinski definition) is 2. The van der Waals surface area contributed by atoms with Crippen molar-refractivity contribution in [2.45, 2.75) is 18.9 Å². The van der Waals surface area contributed by atoms with E-state index in [1.54, 1.807) is 0 Å². The molecule has 56 valence electrons. The molecule has 1 atom stereocenters. The molecule has 4 nitrogen and oxygen atoms in total. The number of hydrogen-bond acceptors (Lipinski definition) is 2. The van der Waals surface area contributed by atoms with Crippen LogP contribution in [0.5, 0.6) is 0 Å². The maximum Gasteiger partial charge on any atom is 0.222 e. The molecule has 1 fully saturated rings. The summed E-state index contributed by atoms with van der Waals surface area (Å²) < 4.78 is 0. The third kappa shape index (κ3) is 1.72. The molecular formula is C6H10N2O2. The van der Waals surface area contributed by atoms with Gasteiger partial charge < -0.3 is 10.6 Å². The normalized spacial score (nSPS) is 25.2. The quantitative estimate of drug-likeness (QED) is 0.486. The van der Waals surface area contributed by atoms with E-state index in [9.17, 15) is 9.59 Å². The van der Waals surface area contributed by atoms with Crippen molar-refractivity contribution < 1.29 is 9.59 Å². The Morgan fingerprint density at radius 1 is 1.70 bits per heavy atom. The molecule has 10 heavy (non-hydrogen) atoms. The van der Waals surface area contributed by atoms with Crippen molar-refractivity contribution in [3.05, 3.63) is 0 Å². The van der Waals surface area contributed by atoms with Crippen molar-refractivity contribution in [3.63, 3.8) is 0 Å². The molecule has 1 aliphatic rings. The van der Waals surface area contributed by atoms with Gasteiger partial charge in [-0.1, -0.05) is 0 Å². The Morgan fingerprint density at radius 3 is 3.10 bits per heavy atom. The SMILES string of the molecule is O=CNC1CCNC(=O)C1. The lowest BCUT2D eigenvalue weighted by Crippen LogP contribution is -2.42. The topological polar surface area (TPSA) is 58.2 Å². The van der Waals surface area contributed by atoms with Crippen LogP contribution in [0.2, 0.25) is 0 Å². The van der Waals surface area contributed by atoms with Crippen molar-refractivity contribution >= 4 is 12.3 Å². The van der Waals surface area contributed by atoms with Gasteiger partial charge in [0.2, 0.25) is 12.3 Å². The average Bonchev–Trinajstić information content (AvgIpc) is 1.88. The zero-order valence-corrected chi connectivity index (χ0v) is 5.59. The summed E-state index contributed by atoms with van der Waals surface area (Å²) in [7, 11) is 0. The van der Waals surface area contributed by atoms with Gasteiger partial charge in [-0.3, -0.25) is 9.59 Å². The van der Waals surface area contributed by atoms with E-state index in [2.05, 4.69) is 10.6 Å². The van der Waals surface area contributed by atoms with Gasteiger partial charge in [0.15, 0.2) is 0 Å². The zero-order valence-electron chi connectivity index (χ0n) is 5.59. The highest BCUT2D eigenvalue weighted by Crippen LogP contribution is 2.01. The van der Waals surface area contributed by atoms with Crippen LogP contribution in [0.4, 0.5) is 0 Å². The third-order valence-corrected chi connectivity index (χ3v) is 1.55. The highest BCUT2D eigenvalue weighted by molar-refractivity contribution is 5.77. The molecule has 4 heteroatoms. The average molecular weight is 142 g/mol. The first-order chi connectivity index (χ1) is 4.83. The van der Waals surface area contributed by atoms with Gasteiger partial charge in [-0.15, -0.1) is 0 Å². The van der Waals surface area contributed by atoms with Crippen LogP contribution in [0.25, 0.3) is 0 Å². The number of piperidine rings is 1. The Morgan fingerprint density at radius 2 is 2.50 bits per heavy atom. The molecule has 0 saturated carbocycles. The van der Waals surface area contributed by atoms with Crippen LogP contribution in [-0.2, 0) is 9.59 Å². The third-order valence-electron chi connectivity index (χ3n) is 1.55. The standard InChI is InChI=1S/C6H10N2O2/c9-4-8-5-1-2-7-6(10)3-5/h4-5H,1-3H2,(H,7,10)(H,8,9). The summed E-state index contributed by atoms with van der Waals surface area (Å²) in [5.74, 6) is 0.0191. The van der Waals surface area contributed by atoms with Crippen LogP contribution in [0.3, 0.4) is 0 Å². The molecular weight excluding hydrogens is 132 g/mol. The summed E-state index contributed by atoms with van der Waals surface area (Å²) >= 11 is 0. The lowest BCUT2D eigenvalue weighted by atomic mass is 10.1. The van der Waals surface area contributed by atoms with E-state index in [4.69, 9.17) is 0 Å². The molecule has 0 aromatic heterocycles. The maximum atomic E-state index is 10.7. The number of amides is 2. The van der Waals surface area contributed by atoms with Crippen LogP contribution < -0.4 is 10.6 Å². The minimum absolute atomic E-state index is 0.0191. The molecule has 0 aromatic carbocycles. The van der Waals surface area contributed by atoms with Gasteiger partial charge in [0.25, 0.3) is 0 Å². The summed E-state index contributed by atoms with van der Waals surface area (Å²) in [5.41, 5.74) is 0. The van der Waals surface area contributed by atoms with E-state index >= 15 is 0 Å². The minimum Gasteiger partial charge on any atom is -0.356 e. The fraction of sp³-hybridized carbons (Fsp3) is 0.667. The van der Waals surface area contributed by atoms with Crippen molar-refractivity contribution in [2.24, 2.45) is 0 Å². The van der Waals surface area contributed by atoms with Crippen LogP contribution in [0.1, 0.15) is 12.8 Å². The van der Waals surface area contributed by atoms with Crippen molar-refractivity contribution in [1.29, 1.82) is 0 Å². The van der Waals surface area contributed by atoms with E-state index < -0.39 is 0 Å². The van der Waals surface area contributed by atoms with Gasteiger partial charge in [-0.25, -0.2) is 0 Å². The Bertz CT molecular complexity index is 147. The molecule has 1 rings (SSSR count). The Kier molecular flexibility index (Phi) is 2.25. The minimum atomic E-state index is 0.0191. The van der Waals surface area contributed by atoms with Crippen molar-refractivity contribution in [2.75, 3.05) is 6.54 Å². The predicted molar refractivity (Wildman–Crippen MR) is 35.2 cm³/mol. The predicted octanol–water partition coefficient (Wildman–Crippen LogP) is -0.989. The molecule has 1 aliphatic heterocycles. The van der Waals surface area contributed by atoms with E-state index in [0.717, 1.165) is 6.42 Å². The summed E-state index contributed by atoms with van der Waals surface area (Å²) in [6, 6.07) is 0.0475. The summed E-state index contributed by atoms with van der Waals surface area (Å²) in [5, 5.41) is 5.25. The lowest BCUT2D eigenvalue weighted by molar-refractivity contribution is -0.123. The van der Waals surface area contributed by atoms with E-state index in [1.165, 1.54) is 0 Å². The van der Waals surface area contributed by atoms with Gasteiger partial charge in [0.1, 0.15) is 0 Å². The molecule has 0 aromatic rings. The highest BCUT2D eigenvalue weighted by atomic mass is 16.2. The Balaban J connectivity index is 2.31. The molecule has 2 amide bonds. The monoisotopic (exact) mass is 142 g/mol. The van der Waals surface area contributed by atoms with Crippen LogP contribution in [0.15, 0.2) is 0 Å². The fourth-order valence-electron chi connectivity index (χ4n) is 1.02. The number of carbonyl (C=O) groups excluding carboxylic acids is 2. The van der Waals surface area contributed by atoms with Gasteiger partial charge in [0.05, 0.1) is 0 Å². The summed E-state index contributed by atoms with van der Waals surface area (Å²) in [6.07, 6.45) is 1.90. The number of carbonyl (C=O) groups is 2. The first-order valence-electron chi connectivity index (χ1n) is 3.29. The molecule has 1 unspecified atom stereocenters. The zero-order chi connectivity index (χ0) is 7.40. The summed E-state index contributed by atoms with van der Waals surface area (Å²) in [6.45, 7) is 0.671. The molecule has 2 N–H and O–H groups in total. The molecule has 1 saturated heterocycles. The second kappa shape index (κ2) is 3.20. The second-order valence-electron chi connectivity index (χ2n) is 2.32. The Labute approximate surface area is 59.0 Å². The van der Waals surface area contributed by atoms with Crippen molar-refractivity contribution in [3.8, 4) is 0 Å². The Hall–Kier alpha value is -1.06. The van der Waals surface area contributed by atoms with Crippen LogP contribution in [-0.4, -0.2) is 24.9 Å². The molecule has 0 aliphatic carbocycles. The molecule has 0 spiro atoms.